The number of anilines is 1. The number of carbonyl (C=O) groups excluding carboxylic acids is 1. The van der Waals surface area contributed by atoms with Crippen molar-refractivity contribution in [2.75, 3.05) is 5.32 Å². The Labute approximate surface area is 170 Å². The van der Waals surface area contributed by atoms with Gasteiger partial charge >= 0.3 is 0 Å². The Kier molecular flexibility index (Phi) is 4.11. The Bertz CT molecular complexity index is 1330. The maximum atomic E-state index is 12.7. The lowest BCUT2D eigenvalue weighted by Gasteiger charge is -2.04. The van der Waals surface area contributed by atoms with Gasteiger partial charge in [0, 0.05) is 27.2 Å². The molecule has 0 spiro atoms. The number of fused-ring (bicyclic) bond motifs is 2. The van der Waals surface area contributed by atoms with Crippen molar-refractivity contribution in [2.45, 2.75) is 6.92 Å². The van der Waals surface area contributed by atoms with Crippen LogP contribution in [0.2, 0.25) is 5.02 Å². The number of hydrogen-bond donors (Lipinski definition) is 1. The Morgan fingerprint density at radius 2 is 1.76 bits per heavy atom. The number of nitrogens with one attached hydrogen (secondary N) is 1. The highest BCUT2D eigenvalue weighted by molar-refractivity contribution is 6.31. The fraction of sp³-hybridized carbons (Fsp3) is 0.0435. The third-order valence-electron chi connectivity index (χ3n) is 4.79. The van der Waals surface area contributed by atoms with Gasteiger partial charge in [0.1, 0.15) is 11.1 Å². The van der Waals surface area contributed by atoms with Gasteiger partial charge in [-0.1, -0.05) is 23.7 Å². The number of furan rings is 1. The summed E-state index contributed by atoms with van der Waals surface area (Å²) in [6, 6.07) is 20.2. The van der Waals surface area contributed by atoms with Crippen molar-refractivity contribution in [2.24, 2.45) is 0 Å². The summed E-state index contributed by atoms with van der Waals surface area (Å²) < 4.78 is 11.5. The molecule has 0 radical (unpaired) electrons. The first kappa shape index (κ1) is 17.5. The van der Waals surface area contributed by atoms with Gasteiger partial charge in [0.15, 0.2) is 11.3 Å². The number of carbonyl (C=O) groups is 1. The van der Waals surface area contributed by atoms with Gasteiger partial charge in [-0.3, -0.25) is 4.79 Å². The number of amides is 1. The summed E-state index contributed by atoms with van der Waals surface area (Å²) in [4.78, 5) is 17.2. The molecule has 0 aliphatic carbocycles. The maximum absolute atomic E-state index is 12.7. The molecule has 0 aliphatic heterocycles. The van der Waals surface area contributed by atoms with Crippen LogP contribution in [0.1, 0.15) is 16.1 Å². The zero-order valence-corrected chi connectivity index (χ0v) is 16.2. The summed E-state index contributed by atoms with van der Waals surface area (Å²) in [7, 11) is 0. The molecule has 5 aromatic rings. The van der Waals surface area contributed by atoms with Crippen LogP contribution in [-0.2, 0) is 0 Å². The van der Waals surface area contributed by atoms with Gasteiger partial charge in [-0.25, -0.2) is 4.98 Å². The van der Waals surface area contributed by atoms with E-state index in [1.807, 2.05) is 43.3 Å². The van der Waals surface area contributed by atoms with Crippen molar-refractivity contribution in [3.63, 3.8) is 0 Å². The van der Waals surface area contributed by atoms with Crippen molar-refractivity contribution in [3.05, 3.63) is 83.1 Å². The minimum atomic E-state index is -0.315. The molecule has 1 N–H and O–H groups in total. The van der Waals surface area contributed by atoms with Crippen LogP contribution in [0.5, 0.6) is 0 Å². The van der Waals surface area contributed by atoms with E-state index in [0.29, 0.717) is 22.2 Å². The van der Waals surface area contributed by atoms with E-state index in [4.69, 9.17) is 20.4 Å². The molecule has 1 amide bonds. The van der Waals surface area contributed by atoms with Crippen molar-refractivity contribution in [1.29, 1.82) is 0 Å². The van der Waals surface area contributed by atoms with E-state index < -0.39 is 0 Å². The van der Waals surface area contributed by atoms with E-state index in [1.54, 1.807) is 30.3 Å². The highest BCUT2D eigenvalue weighted by Crippen LogP contribution is 2.29. The van der Waals surface area contributed by atoms with Crippen LogP contribution in [0.25, 0.3) is 33.5 Å². The van der Waals surface area contributed by atoms with Crippen molar-refractivity contribution >= 4 is 45.3 Å². The predicted molar refractivity (Wildman–Crippen MR) is 113 cm³/mol. The molecule has 0 fully saturated rings. The average molecular weight is 403 g/mol. The van der Waals surface area contributed by atoms with E-state index in [1.165, 1.54) is 0 Å². The van der Waals surface area contributed by atoms with E-state index >= 15 is 0 Å². The Balaban J connectivity index is 1.39. The standard InChI is InChI=1S/C23H15ClN2O3/c1-13-17-12-15(24)8-11-19(17)28-21(13)22(27)25-16-9-6-14(7-10-16)23-26-18-4-2-3-5-20(18)29-23/h2-12H,1H3,(H,25,27). The van der Waals surface area contributed by atoms with E-state index in [0.717, 1.165) is 27.6 Å². The second-order valence-corrected chi connectivity index (χ2v) is 7.15. The van der Waals surface area contributed by atoms with Gasteiger partial charge in [0.05, 0.1) is 0 Å². The lowest BCUT2D eigenvalue weighted by molar-refractivity contribution is 0.0998. The first-order chi connectivity index (χ1) is 14.1. The van der Waals surface area contributed by atoms with Crippen molar-refractivity contribution < 1.29 is 13.6 Å². The molecule has 2 heterocycles. The van der Waals surface area contributed by atoms with Crippen LogP contribution in [0.15, 0.2) is 75.6 Å². The SMILES string of the molecule is Cc1c(C(=O)Nc2ccc(-c3nc4ccccc4o3)cc2)oc2ccc(Cl)cc12. The van der Waals surface area contributed by atoms with Crippen molar-refractivity contribution in [1.82, 2.24) is 4.98 Å². The topological polar surface area (TPSA) is 68.3 Å². The van der Waals surface area contributed by atoms with Gasteiger partial charge in [-0.05, 0) is 61.5 Å². The van der Waals surface area contributed by atoms with Crippen molar-refractivity contribution in [3.8, 4) is 11.5 Å². The third kappa shape index (κ3) is 3.15. The molecule has 0 bridgehead atoms. The highest BCUT2D eigenvalue weighted by atomic mass is 35.5. The molecule has 0 atom stereocenters. The van der Waals surface area contributed by atoms with Crippen LogP contribution in [-0.4, -0.2) is 10.9 Å². The summed E-state index contributed by atoms with van der Waals surface area (Å²) in [5, 5.41) is 4.29. The molecule has 5 nitrogen and oxygen atoms in total. The monoisotopic (exact) mass is 402 g/mol. The molecular formula is C23H15ClN2O3. The number of rotatable bonds is 3. The van der Waals surface area contributed by atoms with Crippen LogP contribution >= 0.6 is 11.6 Å². The summed E-state index contributed by atoms with van der Waals surface area (Å²) in [6.45, 7) is 1.84. The molecule has 5 rings (SSSR count). The molecule has 0 aliphatic rings. The quantitative estimate of drug-likeness (QED) is 0.376. The maximum Gasteiger partial charge on any atom is 0.291 e. The van der Waals surface area contributed by atoms with Crippen LogP contribution in [0.4, 0.5) is 5.69 Å². The van der Waals surface area contributed by atoms with Gasteiger partial charge in [-0.2, -0.15) is 0 Å². The summed E-state index contributed by atoms with van der Waals surface area (Å²) in [5.74, 6) is 0.490. The number of para-hydroxylation sites is 2. The smallest absolute Gasteiger partial charge is 0.291 e. The second-order valence-electron chi connectivity index (χ2n) is 6.71. The molecule has 0 unspecified atom stereocenters. The molecule has 2 aromatic heterocycles. The van der Waals surface area contributed by atoms with Crippen LogP contribution in [0, 0.1) is 6.92 Å². The predicted octanol–water partition coefficient (Wildman–Crippen LogP) is 6.46. The summed E-state index contributed by atoms with van der Waals surface area (Å²) in [6.07, 6.45) is 0. The highest BCUT2D eigenvalue weighted by Gasteiger charge is 2.18. The number of oxazole rings is 1. The summed E-state index contributed by atoms with van der Waals surface area (Å²) >= 11 is 6.05. The minimum Gasteiger partial charge on any atom is -0.451 e. The Morgan fingerprint density at radius 3 is 2.55 bits per heavy atom. The fourth-order valence-electron chi connectivity index (χ4n) is 3.29. The number of aryl methyl sites for hydroxylation is 1. The van der Waals surface area contributed by atoms with Crippen LogP contribution < -0.4 is 5.32 Å². The number of hydrogen-bond acceptors (Lipinski definition) is 4. The molecule has 29 heavy (non-hydrogen) atoms. The lowest BCUT2D eigenvalue weighted by Crippen LogP contribution is -2.11. The zero-order chi connectivity index (χ0) is 20.0. The fourth-order valence-corrected chi connectivity index (χ4v) is 3.46. The molecule has 6 heteroatoms. The lowest BCUT2D eigenvalue weighted by atomic mass is 10.1. The summed E-state index contributed by atoms with van der Waals surface area (Å²) in [5.41, 5.74) is 4.40. The largest absolute Gasteiger partial charge is 0.451 e. The average Bonchev–Trinajstić information content (AvgIpc) is 3.30. The van der Waals surface area contributed by atoms with E-state index in [9.17, 15) is 4.79 Å². The van der Waals surface area contributed by atoms with Gasteiger partial charge < -0.3 is 14.2 Å². The van der Waals surface area contributed by atoms with Gasteiger partial charge in [-0.15, -0.1) is 0 Å². The number of halogens is 1. The zero-order valence-electron chi connectivity index (χ0n) is 15.4. The van der Waals surface area contributed by atoms with Crippen LogP contribution in [0.3, 0.4) is 0 Å². The first-order valence-corrected chi connectivity index (χ1v) is 9.42. The minimum absolute atomic E-state index is 0.269. The molecule has 0 saturated carbocycles. The van der Waals surface area contributed by atoms with Gasteiger partial charge in [0.25, 0.3) is 5.91 Å². The Morgan fingerprint density at radius 1 is 0.966 bits per heavy atom. The second kappa shape index (κ2) is 6.79. The number of aromatic nitrogens is 1. The van der Waals surface area contributed by atoms with E-state index in [2.05, 4.69) is 10.3 Å². The molecule has 142 valence electrons. The third-order valence-corrected chi connectivity index (χ3v) is 5.02. The van der Waals surface area contributed by atoms with E-state index in [-0.39, 0.29) is 11.7 Å². The first-order valence-electron chi connectivity index (χ1n) is 9.04. The van der Waals surface area contributed by atoms with Gasteiger partial charge in [0.2, 0.25) is 5.89 Å². The number of benzene rings is 3. The molecule has 0 saturated heterocycles. The molecule has 3 aromatic carbocycles. The number of nitrogens with zero attached hydrogens (tertiary/aromatic N) is 1. The Hall–Kier alpha value is -3.57. The normalized spacial score (nSPS) is 11.2. The molecular weight excluding hydrogens is 388 g/mol.